The van der Waals surface area contributed by atoms with Gasteiger partial charge in [0.2, 0.25) is 0 Å². The molecule has 0 atom stereocenters. The van der Waals surface area contributed by atoms with Crippen LogP contribution in [0.25, 0.3) is 0 Å². The first kappa shape index (κ1) is 15.6. The SMILES string of the molecule is CC(=O)c1ncccc1C(=O)NNC(=S)Nc1ccccc1. The van der Waals surface area contributed by atoms with Crippen molar-refractivity contribution >= 4 is 34.7 Å². The summed E-state index contributed by atoms with van der Waals surface area (Å²) >= 11 is 5.07. The largest absolute Gasteiger partial charge is 0.331 e. The molecule has 0 saturated heterocycles. The number of para-hydroxylation sites is 1. The predicted octanol–water partition coefficient (Wildman–Crippen LogP) is 1.92. The molecule has 0 radical (unpaired) electrons. The molecule has 1 aromatic heterocycles. The fourth-order valence-electron chi connectivity index (χ4n) is 1.73. The highest BCUT2D eigenvalue weighted by molar-refractivity contribution is 7.80. The fourth-order valence-corrected chi connectivity index (χ4v) is 1.90. The second-order valence-corrected chi connectivity index (χ2v) is 4.76. The molecule has 1 aromatic carbocycles. The van der Waals surface area contributed by atoms with Crippen molar-refractivity contribution in [2.24, 2.45) is 0 Å². The van der Waals surface area contributed by atoms with E-state index in [0.717, 1.165) is 5.69 Å². The Labute approximate surface area is 132 Å². The number of amides is 1. The number of hydrogen-bond donors (Lipinski definition) is 3. The number of anilines is 1. The second kappa shape index (κ2) is 7.28. The van der Waals surface area contributed by atoms with E-state index in [1.165, 1.54) is 19.2 Å². The predicted molar refractivity (Wildman–Crippen MR) is 87.5 cm³/mol. The average molecular weight is 314 g/mol. The Bertz CT molecular complexity index is 704. The molecule has 0 spiro atoms. The summed E-state index contributed by atoms with van der Waals surface area (Å²) in [5.41, 5.74) is 6.10. The summed E-state index contributed by atoms with van der Waals surface area (Å²) in [7, 11) is 0. The first-order valence-electron chi connectivity index (χ1n) is 6.46. The molecule has 0 aliphatic heterocycles. The van der Waals surface area contributed by atoms with Gasteiger partial charge in [-0.25, -0.2) is 0 Å². The number of nitrogens with one attached hydrogen (secondary N) is 3. The summed E-state index contributed by atoms with van der Waals surface area (Å²) in [5, 5.41) is 3.14. The second-order valence-electron chi connectivity index (χ2n) is 4.36. The number of Topliss-reactive ketones (excluding diaryl/α,β-unsaturated/α-hetero) is 1. The summed E-state index contributed by atoms with van der Waals surface area (Å²) < 4.78 is 0. The molecular weight excluding hydrogens is 300 g/mol. The van der Waals surface area contributed by atoms with Crippen LogP contribution >= 0.6 is 12.2 Å². The van der Waals surface area contributed by atoms with Crippen LogP contribution in [0.1, 0.15) is 27.8 Å². The number of ketones is 1. The van der Waals surface area contributed by atoms with Gasteiger partial charge in [0, 0.05) is 18.8 Å². The highest BCUT2D eigenvalue weighted by Crippen LogP contribution is 2.06. The normalized spacial score (nSPS) is 9.68. The van der Waals surface area contributed by atoms with Crippen molar-refractivity contribution < 1.29 is 9.59 Å². The summed E-state index contributed by atoms with van der Waals surface area (Å²) in [6, 6.07) is 12.4. The van der Waals surface area contributed by atoms with Gasteiger partial charge in [-0.3, -0.25) is 25.4 Å². The molecule has 6 nitrogen and oxygen atoms in total. The number of thiocarbonyl (C=S) groups is 1. The third-order valence-corrected chi connectivity index (χ3v) is 2.91. The van der Waals surface area contributed by atoms with Crippen molar-refractivity contribution in [3.63, 3.8) is 0 Å². The number of pyridine rings is 1. The minimum absolute atomic E-state index is 0.115. The Morgan fingerprint density at radius 1 is 1.05 bits per heavy atom. The lowest BCUT2D eigenvalue weighted by atomic mass is 10.1. The third kappa shape index (κ3) is 4.10. The number of hydrogen-bond acceptors (Lipinski definition) is 4. The van der Waals surface area contributed by atoms with Crippen molar-refractivity contribution in [1.82, 2.24) is 15.8 Å². The van der Waals surface area contributed by atoms with E-state index in [4.69, 9.17) is 12.2 Å². The number of rotatable bonds is 3. The average Bonchev–Trinajstić information content (AvgIpc) is 2.53. The van der Waals surface area contributed by atoms with Gasteiger partial charge in [0.1, 0.15) is 5.69 Å². The van der Waals surface area contributed by atoms with Gasteiger partial charge in [-0.2, -0.15) is 0 Å². The third-order valence-electron chi connectivity index (χ3n) is 2.71. The molecule has 0 aliphatic carbocycles. The van der Waals surface area contributed by atoms with Gasteiger partial charge in [-0.1, -0.05) is 18.2 Å². The quantitative estimate of drug-likeness (QED) is 0.456. The van der Waals surface area contributed by atoms with Crippen LogP contribution < -0.4 is 16.2 Å². The van der Waals surface area contributed by atoms with Crippen LogP contribution in [0.2, 0.25) is 0 Å². The van der Waals surface area contributed by atoms with E-state index in [1.54, 1.807) is 6.07 Å². The minimum atomic E-state index is -0.490. The zero-order chi connectivity index (χ0) is 15.9. The van der Waals surface area contributed by atoms with Crippen LogP contribution in [0.5, 0.6) is 0 Å². The Kier molecular flexibility index (Phi) is 5.16. The highest BCUT2D eigenvalue weighted by Gasteiger charge is 2.15. The molecule has 0 unspecified atom stereocenters. The number of aromatic nitrogens is 1. The lowest BCUT2D eigenvalue weighted by Crippen LogP contribution is -2.44. The van der Waals surface area contributed by atoms with Crippen molar-refractivity contribution in [2.75, 3.05) is 5.32 Å². The standard InChI is InChI=1S/C15H14N4O2S/c1-10(20)13-12(8-5-9-16-13)14(21)18-19-15(22)17-11-6-3-2-4-7-11/h2-9H,1H3,(H,18,21)(H2,17,19,22). The van der Waals surface area contributed by atoms with E-state index < -0.39 is 5.91 Å². The molecule has 0 fully saturated rings. The van der Waals surface area contributed by atoms with Crippen LogP contribution in [-0.2, 0) is 0 Å². The van der Waals surface area contributed by atoms with Gasteiger partial charge in [0.05, 0.1) is 5.56 Å². The van der Waals surface area contributed by atoms with Crippen LogP contribution in [0.4, 0.5) is 5.69 Å². The fraction of sp³-hybridized carbons (Fsp3) is 0.0667. The monoisotopic (exact) mass is 314 g/mol. The molecular formula is C15H14N4O2S. The van der Waals surface area contributed by atoms with Gasteiger partial charge in [-0.15, -0.1) is 0 Å². The number of carbonyl (C=O) groups excluding carboxylic acids is 2. The van der Waals surface area contributed by atoms with Crippen molar-refractivity contribution in [1.29, 1.82) is 0 Å². The topological polar surface area (TPSA) is 83.1 Å². The van der Waals surface area contributed by atoms with E-state index in [0.29, 0.717) is 0 Å². The summed E-state index contributed by atoms with van der Waals surface area (Å²) in [4.78, 5) is 27.4. The van der Waals surface area contributed by atoms with Gasteiger partial charge >= 0.3 is 0 Å². The zero-order valence-electron chi connectivity index (χ0n) is 11.8. The van der Waals surface area contributed by atoms with Crippen LogP contribution in [0.15, 0.2) is 48.7 Å². The van der Waals surface area contributed by atoms with Gasteiger partial charge < -0.3 is 5.32 Å². The number of benzene rings is 1. The first-order valence-corrected chi connectivity index (χ1v) is 6.87. The molecule has 0 aliphatic rings. The highest BCUT2D eigenvalue weighted by atomic mass is 32.1. The van der Waals surface area contributed by atoms with E-state index in [9.17, 15) is 9.59 Å². The Hall–Kier alpha value is -2.80. The van der Waals surface area contributed by atoms with Crippen molar-refractivity contribution in [3.05, 3.63) is 59.9 Å². The molecule has 7 heteroatoms. The maximum atomic E-state index is 12.1. The molecule has 3 N–H and O–H groups in total. The zero-order valence-corrected chi connectivity index (χ0v) is 12.6. The van der Waals surface area contributed by atoms with Gasteiger partial charge in [-0.05, 0) is 36.5 Å². The molecule has 22 heavy (non-hydrogen) atoms. The lowest BCUT2D eigenvalue weighted by Gasteiger charge is -2.12. The van der Waals surface area contributed by atoms with E-state index >= 15 is 0 Å². The number of nitrogens with zero attached hydrogens (tertiary/aromatic N) is 1. The van der Waals surface area contributed by atoms with Crippen molar-refractivity contribution in [2.45, 2.75) is 6.92 Å². The van der Waals surface area contributed by atoms with Crippen LogP contribution in [-0.4, -0.2) is 21.8 Å². The molecule has 2 rings (SSSR count). The maximum Gasteiger partial charge on any atom is 0.271 e. The minimum Gasteiger partial charge on any atom is -0.331 e. The maximum absolute atomic E-state index is 12.1. The molecule has 2 aromatic rings. The van der Waals surface area contributed by atoms with Crippen molar-refractivity contribution in [3.8, 4) is 0 Å². The van der Waals surface area contributed by atoms with Crippen LogP contribution in [0, 0.1) is 0 Å². The van der Waals surface area contributed by atoms with E-state index in [2.05, 4.69) is 21.2 Å². The van der Waals surface area contributed by atoms with Gasteiger partial charge in [0.25, 0.3) is 5.91 Å². The summed E-state index contributed by atoms with van der Waals surface area (Å²) in [5.74, 6) is -0.772. The number of hydrazine groups is 1. The van der Waals surface area contributed by atoms with E-state index in [-0.39, 0.29) is 22.2 Å². The Morgan fingerprint density at radius 3 is 2.45 bits per heavy atom. The summed E-state index contributed by atoms with van der Waals surface area (Å²) in [6.07, 6.45) is 1.46. The molecule has 0 saturated carbocycles. The Balaban J connectivity index is 1.96. The summed E-state index contributed by atoms with van der Waals surface area (Å²) in [6.45, 7) is 1.36. The van der Waals surface area contributed by atoms with Gasteiger partial charge in [0.15, 0.2) is 10.9 Å². The molecule has 1 heterocycles. The lowest BCUT2D eigenvalue weighted by molar-refractivity contribution is 0.0929. The Morgan fingerprint density at radius 2 is 1.77 bits per heavy atom. The molecule has 112 valence electrons. The smallest absolute Gasteiger partial charge is 0.271 e. The number of carbonyl (C=O) groups is 2. The molecule has 0 bridgehead atoms. The first-order chi connectivity index (χ1) is 10.6. The molecule has 1 amide bonds. The van der Waals surface area contributed by atoms with E-state index in [1.807, 2.05) is 30.3 Å². The van der Waals surface area contributed by atoms with Crippen LogP contribution in [0.3, 0.4) is 0 Å².